The molecule has 2 N–H and O–H groups in total. The fourth-order valence-electron chi connectivity index (χ4n) is 1.49. The second kappa shape index (κ2) is 8.78. The predicted octanol–water partition coefficient (Wildman–Crippen LogP) is 3.23. The van der Waals surface area contributed by atoms with Crippen molar-refractivity contribution in [2.75, 3.05) is 19.7 Å². The number of quaternary nitrogens is 1. The lowest BCUT2D eigenvalue weighted by molar-refractivity contribution is -0.655. The number of halogens is 2. The molecule has 0 spiro atoms. The summed E-state index contributed by atoms with van der Waals surface area (Å²) < 4.78 is 6.59. The van der Waals surface area contributed by atoms with Crippen LogP contribution >= 0.6 is 27.5 Å². The summed E-state index contributed by atoms with van der Waals surface area (Å²) in [5.41, 5.74) is 0. The second-order valence-electron chi connectivity index (χ2n) is 4.00. The summed E-state index contributed by atoms with van der Waals surface area (Å²) in [7, 11) is 0. The Balaban J connectivity index is 2.14. The molecule has 17 heavy (non-hydrogen) atoms. The van der Waals surface area contributed by atoms with Crippen LogP contribution in [0.1, 0.15) is 26.2 Å². The van der Waals surface area contributed by atoms with Crippen molar-refractivity contribution >= 4 is 27.5 Å². The Kier molecular flexibility index (Phi) is 7.65. The average molecular weight is 322 g/mol. The molecule has 1 rings (SSSR count). The highest BCUT2D eigenvalue weighted by Crippen LogP contribution is 2.27. The third-order valence-corrected chi connectivity index (χ3v) is 3.32. The molecule has 0 aliphatic heterocycles. The third-order valence-electron chi connectivity index (χ3n) is 2.47. The average Bonchev–Trinajstić information content (AvgIpc) is 2.30. The van der Waals surface area contributed by atoms with Crippen molar-refractivity contribution in [3.8, 4) is 5.75 Å². The Bertz CT molecular complexity index is 333. The van der Waals surface area contributed by atoms with E-state index in [2.05, 4.69) is 28.2 Å². The SMILES string of the molecule is CCCC[NH2+]CCCOc1ccc(Cl)cc1Br. The van der Waals surface area contributed by atoms with Gasteiger partial charge in [-0.25, -0.2) is 0 Å². The van der Waals surface area contributed by atoms with Gasteiger partial charge in [-0.2, -0.15) is 0 Å². The van der Waals surface area contributed by atoms with Crippen LogP contribution in [-0.2, 0) is 0 Å². The number of hydrogen-bond acceptors (Lipinski definition) is 1. The van der Waals surface area contributed by atoms with Crippen molar-refractivity contribution in [3.05, 3.63) is 27.7 Å². The number of rotatable bonds is 8. The van der Waals surface area contributed by atoms with Gasteiger partial charge in [0.15, 0.2) is 0 Å². The molecule has 0 aliphatic carbocycles. The van der Waals surface area contributed by atoms with Gasteiger partial charge in [0.25, 0.3) is 0 Å². The summed E-state index contributed by atoms with van der Waals surface area (Å²) in [6.07, 6.45) is 3.63. The monoisotopic (exact) mass is 320 g/mol. The van der Waals surface area contributed by atoms with Gasteiger partial charge in [-0.3, -0.25) is 0 Å². The van der Waals surface area contributed by atoms with E-state index in [1.54, 1.807) is 0 Å². The lowest BCUT2D eigenvalue weighted by Gasteiger charge is -2.07. The molecule has 0 fully saturated rings. The van der Waals surface area contributed by atoms with E-state index in [1.807, 2.05) is 18.2 Å². The fraction of sp³-hybridized carbons (Fsp3) is 0.538. The predicted molar refractivity (Wildman–Crippen MR) is 75.8 cm³/mol. The Morgan fingerprint density at radius 3 is 2.76 bits per heavy atom. The standard InChI is InChI=1S/C13H19BrClNO/c1-2-3-7-16-8-4-9-17-13-6-5-11(15)10-12(13)14/h5-6,10,16H,2-4,7-9H2,1H3/p+1. The highest BCUT2D eigenvalue weighted by molar-refractivity contribution is 9.10. The quantitative estimate of drug-likeness (QED) is 0.731. The summed E-state index contributed by atoms with van der Waals surface area (Å²) in [5, 5.41) is 3.07. The number of nitrogens with two attached hydrogens (primary N) is 1. The largest absolute Gasteiger partial charge is 0.492 e. The number of unbranched alkanes of at least 4 members (excludes halogenated alkanes) is 1. The second-order valence-corrected chi connectivity index (χ2v) is 5.29. The van der Waals surface area contributed by atoms with Gasteiger partial charge in [-0.1, -0.05) is 24.9 Å². The van der Waals surface area contributed by atoms with Crippen LogP contribution in [0.2, 0.25) is 5.02 Å². The molecule has 0 atom stereocenters. The highest BCUT2D eigenvalue weighted by Gasteiger charge is 2.01. The Morgan fingerprint density at radius 2 is 2.06 bits per heavy atom. The van der Waals surface area contributed by atoms with Crippen LogP contribution in [-0.4, -0.2) is 19.7 Å². The van der Waals surface area contributed by atoms with E-state index in [0.29, 0.717) is 0 Å². The third kappa shape index (κ3) is 6.29. The molecule has 0 unspecified atom stereocenters. The molecular formula is C13H20BrClNO+. The summed E-state index contributed by atoms with van der Waals surface area (Å²) in [4.78, 5) is 0. The van der Waals surface area contributed by atoms with Gasteiger partial charge in [-0.05, 0) is 40.5 Å². The van der Waals surface area contributed by atoms with Crippen LogP contribution < -0.4 is 10.1 Å². The van der Waals surface area contributed by atoms with E-state index >= 15 is 0 Å². The van der Waals surface area contributed by atoms with E-state index < -0.39 is 0 Å². The van der Waals surface area contributed by atoms with Crippen molar-refractivity contribution in [1.29, 1.82) is 0 Å². The van der Waals surface area contributed by atoms with Crippen molar-refractivity contribution in [2.45, 2.75) is 26.2 Å². The van der Waals surface area contributed by atoms with Crippen molar-refractivity contribution in [1.82, 2.24) is 0 Å². The van der Waals surface area contributed by atoms with Crippen LogP contribution in [0.5, 0.6) is 5.75 Å². The van der Waals surface area contributed by atoms with Gasteiger partial charge in [0.05, 0.1) is 24.2 Å². The van der Waals surface area contributed by atoms with Crippen molar-refractivity contribution in [2.24, 2.45) is 0 Å². The molecule has 0 saturated carbocycles. The van der Waals surface area contributed by atoms with Crippen LogP contribution in [0.15, 0.2) is 22.7 Å². The van der Waals surface area contributed by atoms with Crippen LogP contribution in [0.3, 0.4) is 0 Å². The minimum Gasteiger partial charge on any atom is -0.492 e. The Morgan fingerprint density at radius 1 is 1.29 bits per heavy atom. The molecule has 4 heteroatoms. The number of ether oxygens (including phenoxy) is 1. The number of hydrogen-bond donors (Lipinski definition) is 1. The smallest absolute Gasteiger partial charge is 0.133 e. The fourth-order valence-corrected chi connectivity index (χ4v) is 2.29. The summed E-state index contributed by atoms with van der Waals surface area (Å²) in [6, 6.07) is 5.59. The first-order chi connectivity index (χ1) is 8.24. The van der Waals surface area contributed by atoms with Crippen LogP contribution in [0, 0.1) is 0 Å². The van der Waals surface area contributed by atoms with Crippen LogP contribution in [0.25, 0.3) is 0 Å². The minimum atomic E-state index is 0.720. The molecular weight excluding hydrogens is 302 g/mol. The summed E-state index contributed by atoms with van der Waals surface area (Å²) >= 11 is 9.29. The van der Waals surface area contributed by atoms with E-state index in [0.717, 1.165) is 34.8 Å². The molecule has 96 valence electrons. The lowest BCUT2D eigenvalue weighted by atomic mass is 10.3. The van der Waals surface area contributed by atoms with Crippen molar-refractivity contribution in [3.63, 3.8) is 0 Å². The maximum Gasteiger partial charge on any atom is 0.133 e. The first kappa shape index (κ1) is 14.8. The van der Waals surface area contributed by atoms with Gasteiger partial charge in [0.2, 0.25) is 0 Å². The first-order valence-electron chi connectivity index (χ1n) is 6.13. The lowest BCUT2D eigenvalue weighted by Crippen LogP contribution is -2.84. The maximum atomic E-state index is 5.86. The van der Waals surface area contributed by atoms with Gasteiger partial charge in [0.1, 0.15) is 5.75 Å². The van der Waals surface area contributed by atoms with Crippen molar-refractivity contribution < 1.29 is 10.1 Å². The summed E-state index contributed by atoms with van der Waals surface area (Å²) in [6.45, 7) is 5.32. The molecule has 0 bridgehead atoms. The molecule has 0 aliphatic rings. The van der Waals surface area contributed by atoms with Gasteiger partial charge >= 0.3 is 0 Å². The minimum absolute atomic E-state index is 0.720. The van der Waals surface area contributed by atoms with E-state index in [9.17, 15) is 0 Å². The normalized spacial score (nSPS) is 10.5. The zero-order valence-corrected chi connectivity index (χ0v) is 12.6. The number of benzene rings is 1. The molecule has 0 aromatic heterocycles. The highest BCUT2D eigenvalue weighted by atomic mass is 79.9. The Hall–Kier alpha value is -0.250. The van der Waals surface area contributed by atoms with Gasteiger partial charge < -0.3 is 10.1 Å². The molecule has 0 radical (unpaired) electrons. The zero-order chi connectivity index (χ0) is 12.5. The van der Waals surface area contributed by atoms with E-state index in [1.165, 1.54) is 19.4 Å². The Labute approximate surface area is 117 Å². The van der Waals surface area contributed by atoms with Gasteiger partial charge in [0, 0.05) is 11.4 Å². The molecule has 1 aromatic carbocycles. The molecule has 1 aromatic rings. The maximum absolute atomic E-state index is 5.86. The molecule has 0 saturated heterocycles. The molecule has 2 nitrogen and oxygen atoms in total. The van der Waals surface area contributed by atoms with Crippen LogP contribution in [0.4, 0.5) is 0 Å². The van der Waals surface area contributed by atoms with E-state index in [4.69, 9.17) is 16.3 Å². The zero-order valence-electron chi connectivity index (χ0n) is 10.2. The first-order valence-corrected chi connectivity index (χ1v) is 7.30. The summed E-state index contributed by atoms with van der Waals surface area (Å²) in [5.74, 6) is 0.864. The van der Waals surface area contributed by atoms with E-state index in [-0.39, 0.29) is 0 Å². The topological polar surface area (TPSA) is 25.8 Å². The van der Waals surface area contributed by atoms with Gasteiger partial charge in [-0.15, -0.1) is 0 Å². The molecule has 0 heterocycles. The molecule has 0 amide bonds.